The molecule has 0 aliphatic rings. The number of benzene rings is 10. The van der Waals surface area contributed by atoms with Gasteiger partial charge in [0.05, 0.1) is 27.8 Å². The highest BCUT2D eigenvalue weighted by molar-refractivity contribution is 7.26. The standard InChI is InChI=1S/C57H32N4OS/c1-2-15-33(16-3-1)55-58-56(43-26-14-25-40-38-21-10-12-27-48(38)62-53(40)43)60-57(59-55)51-39-22-8-9-23-41(39)54-50(42-24-11-13-28-49(42)63-54)52(51)61-46-31-36-19-6-4-17-34(36)29-44(46)45-30-35-18-5-7-20-37(35)32-47(45)61/h1-32H. The molecule has 0 N–H and O–H groups in total. The number of furan rings is 1. The minimum absolute atomic E-state index is 0.549. The summed E-state index contributed by atoms with van der Waals surface area (Å²) in [5.41, 5.74) is 7.53. The zero-order valence-corrected chi connectivity index (χ0v) is 34.4. The summed E-state index contributed by atoms with van der Waals surface area (Å²) in [6, 6.07) is 69.1. The van der Waals surface area contributed by atoms with Gasteiger partial charge in [0.25, 0.3) is 0 Å². The number of fused-ring (bicyclic) bond motifs is 13. The predicted octanol–water partition coefficient (Wildman–Crippen LogP) is 15.7. The van der Waals surface area contributed by atoms with Crippen LogP contribution in [0.5, 0.6) is 0 Å². The molecule has 14 rings (SSSR count). The van der Waals surface area contributed by atoms with Crippen LogP contribution in [0.4, 0.5) is 0 Å². The molecule has 0 fully saturated rings. The quantitative estimate of drug-likeness (QED) is 0.177. The Labute approximate surface area is 363 Å². The number of hydrogen-bond acceptors (Lipinski definition) is 5. The molecule has 0 saturated carbocycles. The number of thiophene rings is 1. The smallest absolute Gasteiger partial charge is 0.167 e. The summed E-state index contributed by atoms with van der Waals surface area (Å²) < 4.78 is 11.6. The topological polar surface area (TPSA) is 56.7 Å². The predicted molar refractivity (Wildman–Crippen MR) is 263 cm³/mol. The molecule has 0 radical (unpaired) electrons. The molecule has 0 spiro atoms. The van der Waals surface area contributed by atoms with Gasteiger partial charge in [-0.3, -0.25) is 0 Å². The first-order chi connectivity index (χ1) is 31.2. The average Bonchev–Trinajstić information content (AvgIpc) is 4.02. The number of aromatic nitrogens is 4. The molecule has 6 heteroatoms. The van der Waals surface area contributed by atoms with Gasteiger partial charge in [-0.15, -0.1) is 11.3 Å². The van der Waals surface area contributed by atoms with Crippen LogP contribution in [0.3, 0.4) is 0 Å². The third-order valence-corrected chi connectivity index (χ3v) is 14.0. The minimum Gasteiger partial charge on any atom is -0.455 e. The number of rotatable bonds is 4. The van der Waals surface area contributed by atoms with E-state index in [4.69, 9.17) is 19.4 Å². The van der Waals surface area contributed by atoms with E-state index in [-0.39, 0.29) is 0 Å². The van der Waals surface area contributed by atoms with Crippen molar-refractivity contribution in [2.24, 2.45) is 0 Å². The molecule has 4 aromatic heterocycles. The Bertz CT molecular complexity index is 4130. The lowest BCUT2D eigenvalue weighted by atomic mass is 9.96. The van der Waals surface area contributed by atoms with Gasteiger partial charge in [-0.05, 0) is 69.4 Å². The van der Waals surface area contributed by atoms with Crippen LogP contribution >= 0.6 is 11.3 Å². The van der Waals surface area contributed by atoms with Crippen LogP contribution in [0.25, 0.3) is 136 Å². The highest BCUT2D eigenvalue weighted by Gasteiger charge is 2.28. The van der Waals surface area contributed by atoms with Crippen molar-refractivity contribution in [3.8, 4) is 39.9 Å². The second-order valence-corrected chi connectivity index (χ2v) is 17.3. The molecule has 4 heterocycles. The van der Waals surface area contributed by atoms with Crippen molar-refractivity contribution < 1.29 is 4.42 Å². The van der Waals surface area contributed by atoms with E-state index in [1.807, 2.05) is 41.7 Å². The van der Waals surface area contributed by atoms with E-state index >= 15 is 0 Å². The molecule has 0 bridgehead atoms. The molecule has 292 valence electrons. The SMILES string of the molecule is c1ccc(-c2nc(-c3c(-n4c5cc6ccccc6cc5c5cc6ccccc6cc54)c4c5ccccc5sc4c4ccccc34)nc(-c3cccc4c3oc3ccccc34)n2)cc1. The third kappa shape index (κ3) is 5.07. The molecule has 63 heavy (non-hydrogen) atoms. The Kier molecular flexibility index (Phi) is 7.21. The molecular formula is C57H32N4OS. The lowest BCUT2D eigenvalue weighted by Gasteiger charge is -2.19. The largest absolute Gasteiger partial charge is 0.455 e. The number of hydrogen-bond donors (Lipinski definition) is 0. The first-order valence-electron chi connectivity index (χ1n) is 21.2. The second-order valence-electron chi connectivity index (χ2n) is 16.3. The van der Waals surface area contributed by atoms with Crippen molar-refractivity contribution >= 4 is 108 Å². The molecule has 0 unspecified atom stereocenters. The van der Waals surface area contributed by atoms with Gasteiger partial charge in [0.15, 0.2) is 17.5 Å². The number of para-hydroxylation sites is 2. The van der Waals surface area contributed by atoms with Gasteiger partial charge in [0.1, 0.15) is 11.2 Å². The molecule has 0 saturated heterocycles. The first-order valence-corrected chi connectivity index (χ1v) is 22.0. The summed E-state index contributed by atoms with van der Waals surface area (Å²) in [6.45, 7) is 0. The summed E-state index contributed by atoms with van der Waals surface area (Å²) in [7, 11) is 0. The van der Waals surface area contributed by atoms with E-state index in [2.05, 4.69) is 168 Å². The summed E-state index contributed by atoms with van der Waals surface area (Å²) in [5, 5.41) is 13.8. The van der Waals surface area contributed by atoms with Crippen LogP contribution in [0.1, 0.15) is 0 Å². The van der Waals surface area contributed by atoms with Gasteiger partial charge in [0, 0.05) is 52.7 Å². The third-order valence-electron chi connectivity index (χ3n) is 12.8. The molecule has 0 aliphatic heterocycles. The highest BCUT2D eigenvalue weighted by Crippen LogP contribution is 2.50. The minimum atomic E-state index is 0.549. The first kappa shape index (κ1) is 34.5. The van der Waals surface area contributed by atoms with Crippen LogP contribution in [-0.2, 0) is 0 Å². The van der Waals surface area contributed by atoms with Gasteiger partial charge in [0.2, 0.25) is 0 Å². The molecule has 0 atom stereocenters. The second kappa shape index (κ2) is 13.2. The maximum Gasteiger partial charge on any atom is 0.167 e. The maximum absolute atomic E-state index is 6.64. The normalized spacial score (nSPS) is 12.1. The maximum atomic E-state index is 6.64. The van der Waals surface area contributed by atoms with E-state index < -0.39 is 0 Å². The van der Waals surface area contributed by atoms with E-state index in [1.165, 1.54) is 52.5 Å². The zero-order valence-electron chi connectivity index (χ0n) is 33.6. The molecule has 5 nitrogen and oxygen atoms in total. The fraction of sp³-hybridized carbons (Fsp3) is 0. The van der Waals surface area contributed by atoms with Crippen molar-refractivity contribution in [3.63, 3.8) is 0 Å². The Morgan fingerprint density at radius 2 is 0.968 bits per heavy atom. The summed E-state index contributed by atoms with van der Waals surface area (Å²) in [4.78, 5) is 16.4. The van der Waals surface area contributed by atoms with Crippen molar-refractivity contribution in [1.29, 1.82) is 0 Å². The molecular weight excluding hydrogens is 789 g/mol. The Hall–Kier alpha value is -8.19. The zero-order chi connectivity index (χ0) is 41.2. The monoisotopic (exact) mass is 820 g/mol. The van der Waals surface area contributed by atoms with Gasteiger partial charge in [-0.25, -0.2) is 15.0 Å². The van der Waals surface area contributed by atoms with Gasteiger partial charge in [-0.1, -0.05) is 152 Å². The van der Waals surface area contributed by atoms with E-state index in [1.54, 1.807) is 0 Å². The summed E-state index contributed by atoms with van der Waals surface area (Å²) in [5.74, 6) is 1.73. The molecule has 14 aromatic rings. The molecule has 0 aliphatic carbocycles. The van der Waals surface area contributed by atoms with E-state index in [0.717, 1.165) is 66.1 Å². The van der Waals surface area contributed by atoms with E-state index in [0.29, 0.717) is 17.5 Å². The van der Waals surface area contributed by atoms with Crippen molar-refractivity contribution in [2.75, 3.05) is 0 Å². The Morgan fingerprint density at radius 3 is 1.70 bits per heavy atom. The van der Waals surface area contributed by atoms with Gasteiger partial charge < -0.3 is 8.98 Å². The Balaban J connectivity index is 1.20. The average molecular weight is 821 g/mol. The van der Waals surface area contributed by atoms with Crippen LogP contribution in [0, 0.1) is 0 Å². The molecule has 0 amide bonds. The van der Waals surface area contributed by atoms with Gasteiger partial charge >= 0.3 is 0 Å². The van der Waals surface area contributed by atoms with Crippen LogP contribution < -0.4 is 0 Å². The van der Waals surface area contributed by atoms with Crippen LogP contribution in [0.2, 0.25) is 0 Å². The van der Waals surface area contributed by atoms with Crippen LogP contribution in [0.15, 0.2) is 199 Å². The van der Waals surface area contributed by atoms with Crippen molar-refractivity contribution in [3.05, 3.63) is 194 Å². The van der Waals surface area contributed by atoms with E-state index in [9.17, 15) is 0 Å². The van der Waals surface area contributed by atoms with Gasteiger partial charge in [-0.2, -0.15) is 0 Å². The summed E-state index contributed by atoms with van der Waals surface area (Å²) in [6.07, 6.45) is 0. The summed E-state index contributed by atoms with van der Waals surface area (Å²) >= 11 is 1.85. The van der Waals surface area contributed by atoms with Crippen LogP contribution in [-0.4, -0.2) is 19.5 Å². The fourth-order valence-electron chi connectivity index (χ4n) is 9.95. The number of nitrogens with zero attached hydrogens (tertiary/aromatic N) is 4. The van der Waals surface area contributed by atoms with Crippen molar-refractivity contribution in [2.45, 2.75) is 0 Å². The lowest BCUT2D eigenvalue weighted by molar-refractivity contribution is 0.669. The fourth-order valence-corrected chi connectivity index (χ4v) is 11.2. The highest BCUT2D eigenvalue weighted by atomic mass is 32.1. The lowest BCUT2D eigenvalue weighted by Crippen LogP contribution is -2.05. The Morgan fingerprint density at radius 1 is 0.413 bits per heavy atom. The molecule has 10 aromatic carbocycles. The van der Waals surface area contributed by atoms with Crippen molar-refractivity contribution in [1.82, 2.24) is 19.5 Å².